The lowest BCUT2D eigenvalue weighted by Crippen LogP contribution is -2.36. The number of para-hydroxylation sites is 2. The molecular formula is C26H24N6O2S. The van der Waals surface area contributed by atoms with E-state index >= 15 is 0 Å². The molecule has 1 atom stereocenters. The minimum absolute atomic E-state index is 0.114. The molecule has 1 amide bonds. The second-order valence-electron chi connectivity index (χ2n) is 8.47. The Morgan fingerprint density at radius 1 is 0.914 bits per heavy atom. The van der Waals surface area contributed by atoms with E-state index in [0.717, 1.165) is 58.7 Å². The predicted molar refractivity (Wildman–Crippen MR) is 135 cm³/mol. The Morgan fingerprint density at radius 3 is 2.20 bits per heavy atom. The summed E-state index contributed by atoms with van der Waals surface area (Å²) in [5, 5.41) is 13.0. The number of rotatable bonds is 4. The number of fused-ring (bicyclic) bond motifs is 2. The molecule has 0 radical (unpaired) electrons. The van der Waals surface area contributed by atoms with Gasteiger partial charge in [0.1, 0.15) is 6.04 Å². The van der Waals surface area contributed by atoms with Gasteiger partial charge in [-0.1, -0.05) is 36.0 Å². The van der Waals surface area contributed by atoms with Crippen LogP contribution in [-0.2, 0) is 9.53 Å². The Labute approximate surface area is 207 Å². The number of nitrogens with zero attached hydrogens (tertiary/aromatic N) is 6. The number of hydrogen-bond acceptors (Lipinski definition) is 7. The Kier molecular flexibility index (Phi) is 5.71. The van der Waals surface area contributed by atoms with E-state index in [0.29, 0.717) is 5.82 Å². The van der Waals surface area contributed by atoms with Gasteiger partial charge in [0.15, 0.2) is 0 Å². The molecule has 0 N–H and O–H groups in total. The molecule has 0 unspecified atom stereocenters. The largest absolute Gasteiger partial charge is 0.378 e. The molecule has 3 heterocycles. The summed E-state index contributed by atoms with van der Waals surface area (Å²) in [6, 6.07) is 23.4. The van der Waals surface area contributed by atoms with E-state index in [-0.39, 0.29) is 5.91 Å². The summed E-state index contributed by atoms with van der Waals surface area (Å²) in [4.78, 5) is 21.3. The zero-order valence-corrected chi connectivity index (χ0v) is 20.1. The Hall–Kier alpha value is -3.69. The van der Waals surface area contributed by atoms with Crippen molar-refractivity contribution in [2.75, 3.05) is 36.1 Å². The first-order valence-corrected chi connectivity index (χ1v) is 12.4. The van der Waals surface area contributed by atoms with Crippen LogP contribution in [0.5, 0.6) is 0 Å². The minimum Gasteiger partial charge on any atom is -0.378 e. The lowest BCUT2D eigenvalue weighted by Gasteiger charge is -2.32. The maximum atomic E-state index is 13.8. The number of anilines is 3. The molecule has 1 saturated heterocycles. The molecular weight excluding hydrogens is 460 g/mol. The first-order valence-electron chi connectivity index (χ1n) is 11.6. The normalized spacial score (nSPS) is 15.9. The van der Waals surface area contributed by atoms with E-state index in [9.17, 15) is 4.79 Å². The fourth-order valence-corrected chi connectivity index (χ4v) is 5.43. The van der Waals surface area contributed by atoms with Crippen molar-refractivity contribution in [3.05, 3.63) is 72.8 Å². The van der Waals surface area contributed by atoms with Crippen molar-refractivity contribution in [2.24, 2.45) is 0 Å². The summed E-state index contributed by atoms with van der Waals surface area (Å²) in [5.74, 6) is 0.380. The average Bonchev–Trinajstić information content (AvgIpc) is 3.42. The van der Waals surface area contributed by atoms with Gasteiger partial charge in [-0.3, -0.25) is 9.69 Å². The maximum absolute atomic E-state index is 13.8. The van der Waals surface area contributed by atoms with Gasteiger partial charge in [0, 0.05) is 34.1 Å². The van der Waals surface area contributed by atoms with Gasteiger partial charge in [0.05, 0.1) is 24.6 Å². The summed E-state index contributed by atoms with van der Waals surface area (Å²) in [6.45, 7) is 5.06. The van der Waals surface area contributed by atoms with Crippen LogP contribution in [0.15, 0.2) is 82.6 Å². The highest BCUT2D eigenvalue weighted by atomic mass is 32.2. The molecule has 8 nitrogen and oxygen atoms in total. The third-order valence-corrected chi connectivity index (χ3v) is 7.42. The highest BCUT2D eigenvalue weighted by molar-refractivity contribution is 7.99. The van der Waals surface area contributed by atoms with Gasteiger partial charge >= 0.3 is 0 Å². The van der Waals surface area contributed by atoms with E-state index in [1.807, 2.05) is 67.6 Å². The average molecular weight is 485 g/mol. The molecule has 3 aromatic carbocycles. The summed E-state index contributed by atoms with van der Waals surface area (Å²) in [5.41, 5.74) is 3.74. The molecule has 9 heteroatoms. The molecule has 0 saturated carbocycles. The molecule has 0 spiro atoms. The Morgan fingerprint density at radius 2 is 1.54 bits per heavy atom. The summed E-state index contributed by atoms with van der Waals surface area (Å²) >= 11 is 1.67. The van der Waals surface area contributed by atoms with Gasteiger partial charge < -0.3 is 9.64 Å². The van der Waals surface area contributed by atoms with Crippen LogP contribution in [0.1, 0.15) is 13.0 Å². The van der Waals surface area contributed by atoms with Gasteiger partial charge in [-0.25, -0.2) is 0 Å². The van der Waals surface area contributed by atoms with Crippen LogP contribution >= 0.6 is 11.8 Å². The first kappa shape index (κ1) is 21.8. The molecule has 2 aliphatic rings. The smallest absolute Gasteiger partial charge is 0.258 e. The van der Waals surface area contributed by atoms with Crippen molar-refractivity contribution in [1.29, 1.82) is 0 Å². The van der Waals surface area contributed by atoms with Gasteiger partial charge in [-0.15, -0.1) is 10.2 Å². The highest BCUT2D eigenvalue weighted by Gasteiger charge is 2.32. The molecule has 35 heavy (non-hydrogen) atoms. The van der Waals surface area contributed by atoms with Crippen molar-refractivity contribution in [2.45, 2.75) is 22.8 Å². The lowest BCUT2D eigenvalue weighted by molar-refractivity contribution is -0.121. The predicted octanol–water partition coefficient (Wildman–Crippen LogP) is 4.57. The van der Waals surface area contributed by atoms with Crippen LogP contribution in [0.25, 0.3) is 11.4 Å². The number of ether oxygens (including phenoxy) is 1. The van der Waals surface area contributed by atoms with Crippen molar-refractivity contribution < 1.29 is 9.53 Å². The Balaban J connectivity index is 1.26. The third-order valence-electron chi connectivity index (χ3n) is 6.29. The summed E-state index contributed by atoms with van der Waals surface area (Å²) < 4.78 is 5.44. The second kappa shape index (κ2) is 9.16. The molecule has 6 rings (SSSR count). The molecule has 1 fully saturated rings. The van der Waals surface area contributed by atoms with Crippen LogP contribution in [-0.4, -0.2) is 52.4 Å². The fourth-order valence-electron chi connectivity index (χ4n) is 4.38. The number of morpholine rings is 1. The van der Waals surface area contributed by atoms with Crippen LogP contribution in [0.4, 0.5) is 17.1 Å². The zero-order valence-electron chi connectivity index (χ0n) is 19.2. The summed E-state index contributed by atoms with van der Waals surface area (Å²) in [7, 11) is 0. The molecule has 0 bridgehead atoms. The first-order chi connectivity index (χ1) is 17.2. The zero-order chi connectivity index (χ0) is 23.8. The Bertz CT molecular complexity index is 1320. The fraction of sp³-hybridized carbons (Fsp3) is 0.231. The molecule has 1 aromatic heterocycles. The molecule has 4 aromatic rings. The summed E-state index contributed by atoms with van der Waals surface area (Å²) in [6.07, 6.45) is 0. The third kappa shape index (κ3) is 4.06. The van der Waals surface area contributed by atoms with Crippen LogP contribution in [0.3, 0.4) is 0 Å². The lowest BCUT2D eigenvalue weighted by atomic mass is 10.2. The van der Waals surface area contributed by atoms with Crippen molar-refractivity contribution in [3.8, 4) is 11.4 Å². The van der Waals surface area contributed by atoms with Gasteiger partial charge in [0.2, 0.25) is 5.82 Å². The molecule has 0 aliphatic carbocycles. The second-order valence-corrected chi connectivity index (χ2v) is 9.55. The number of carbonyl (C=O) groups is 1. The number of carbonyl (C=O) groups excluding carboxylic acids is 1. The SMILES string of the molecule is C[C@@H](C(=O)N1c2ccccc2Sc2ccccc21)n1nnc(-c2ccc(N3CCOCC3)cc2)n1. The molecule has 176 valence electrons. The van der Waals surface area contributed by atoms with Crippen LogP contribution in [0.2, 0.25) is 0 Å². The number of amides is 1. The van der Waals surface area contributed by atoms with Crippen LogP contribution in [0, 0.1) is 0 Å². The standard InChI is InChI=1S/C26H24N6O2S/c1-18(26(33)31-21-6-2-4-8-23(21)35-24-9-5-3-7-22(24)31)32-28-25(27-29-32)19-10-12-20(13-11-19)30-14-16-34-17-15-30/h2-13,18H,14-17H2,1H3/t18-/m0/s1. The van der Waals surface area contributed by atoms with E-state index in [1.54, 1.807) is 16.7 Å². The van der Waals surface area contributed by atoms with E-state index in [2.05, 4.69) is 32.4 Å². The van der Waals surface area contributed by atoms with Gasteiger partial charge in [-0.05, 0) is 60.7 Å². The van der Waals surface area contributed by atoms with E-state index < -0.39 is 6.04 Å². The van der Waals surface area contributed by atoms with Crippen molar-refractivity contribution >= 4 is 34.7 Å². The highest BCUT2D eigenvalue weighted by Crippen LogP contribution is 2.48. The van der Waals surface area contributed by atoms with Crippen molar-refractivity contribution in [3.63, 3.8) is 0 Å². The monoisotopic (exact) mass is 484 g/mol. The van der Waals surface area contributed by atoms with Crippen molar-refractivity contribution in [1.82, 2.24) is 20.2 Å². The maximum Gasteiger partial charge on any atom is 0.258 e. The number of aromatic nitrogens is 4. The van der Waals surface area contributed by atoms with Crippen LogP contribution < -0.4 is 9.80 Å². The number of benzene rings is 3. The van der Waals surface area contributed by atoms with Gasteiger partial charge in [0.25, 0.3) is 5.91 Å². The number of tetrazole rings is 1. The minimum atomic E-state index is -0.631. The van der Waals surface area contributed by atoms with Gasteiger partial charge in [-0.2, -0.15) is 4.80 Å². The topological polar surface area (TPSA) is 76.4 Å². The van der Waals surface area contributed by atoms with E-state index in [1.165, 1.54) is 4.80 Å². The van der Waals surface area contributed by atoms with E-state index in [4.69, 9.17) is 4.74 Å². The number of hydrogen-bond donors (Lipinski definition) is 0. The quantitative estimate of drug-likeness (QED) is 0.420. The molecule has 2 aliphatic heterocycles.